The molecule has 2 unspecified atom stereocenters. The highest BCUT2D eigenvalue weighted by molar-refractivity contribution is 5.98. The highest BCUT2D eigenvalue weighted by Crippen LogP contribution is 2.37. The van der Waals surface area contributed by atoms with Gasteiger partial charge in [-0.25, -0.2) is 0 Å². The lowest BCUT2D eigenvalue weighted by Gasteiger charge is -2.20. The number of alkyl halides is 3. The van der Waals surface area contributed by atoms with Crippen molar-refractivity contribution in [2.45, 2.75) is 37.5 Å². The van der Waals surface area contributed by atoms with Crippen molar-refractivity contribution in [3.8, 4) is 0 Å². The zero-order chi connectivity index (χ0) is 18.8. The number of azo groups is 1. The summed E-state index contributed by atoms with van der Waals surface area (Å²) in [6.07, 6.45) is -4.21. The minimum Gasteiger partial charge on any atom is -0.324 e. The largest absolute Gasteiger partial charge is 0.412 e. The minimum atomic E-state index is -4.49. The van der Waals surface area contributed by atoms with Crippen molar-refractivity contribution >= 4 is 11.6 Å². The van der Waals surface area contributed by atoms with Crippen LogP contribution in [0.2, 0.25) is 0 Å². The fourth-order valence-corrected chi connectivity index (χ4v) is 2.78. The van der Waals surface area contributed by atoms with Crippen LogP contribution < -0.4 is 5.32 Å². The third kappa shape index (κ3) is 4.09. The average molecular weight is 361 g/mol. The molecule has 1 aliphatic rings. The van der Waals surface area contributed by atoms with Crippen molar-refractivity contribution in [2.24, 2.45) is 10.2 Å². The summed E-state index contributed by atoms with van der Waals surface area (Å²) >= 11 is 0. The molecule has 1 amide bonds. The lowest BCUT2D eigenvalue weighted by Crippen LogP contribution is -2.40. The van der Waals surface area contributed by atoms with Crippen molar-refractivity contribution in [2.75, 3.05) is 5.32 Å². The Morgan fingerprint density at radius 2 is 1.73 bits per heavy atom. The SMILES string of the molecule is CC1(C(=O)Nc2ccc(Cc3ccccc3)cc2)CC(C(F)(F)F)N=N1. The van der Waals surface area contributed by atoms with Crippen LogP contribution in [-0.2, 0) is 11.2 Å². The monoisotopic (exact) mass is 361 g/mol. The Hall–Kier alpha value is -2.70. The molecule has 1 N–H and O–H groups in total. The van der Waals surface area contributed by atoms with Gasteiger partial charge in [-0.2, -0.15) is 23.4 Å². The third-order valence-electron chi connectivity index (χ3n) is 4.34. The first kappa shape index (κ1) is 18.1. The first-order valence-electron chi connectivity index (χ1n) is 8.19. The second-order valence-electron chi connectivity index (χ2n) is 6.56. The molecule has 1 heterocycles. The molecule has 136 valence electrons. The van der Waals surface area contributed by atoms with Crippen LogP contribution in [0.4, 0.5) is 18.9 Å². The normalized spacial score (nSPS) is 22.4. The van der Waals surface area contributed by atoms with E-state index < -0.39 is 30.1 Å². The average Bonchev–Trinajstić information content (AvgIpc) is 3.02. The molecule has 0 saturated heterocycles. The molecule has 0 fully saturated rings. The molecule has 0 aromatic heterocycles. The van der Waals surface area contributed by atoms with Gasteiger partial charge in [-0.3, -0.25) is 4.79 Å². The van der Waals surface area contributed by atoms with Gasteiger partial charge in [0.2, 0.25) is 0 Å². The molecule has 26 heavy (non-hydrogen) atoms. The van der Waals surface area contributed by atoms with E-state index in [9.17, 15) is 18.0 Å². The van der Waals surface area contributed by atoms with Crippen LogP contribution in [0.3, 0.4) is 0 Å². The molecule has 0 bridgehead atoms. The van der Waals surface area contributed by atoms with E-state index in [4.69, 9.17) is 0 Å². The Morgan fingerprint density at radius 1 is 1.12 bits per heavy atom. The third-order valence-corrected chi connectivity index (χ3v) is 4.34. The van der Waals surface area contributed by atoms with E-state index in [0.29, 0.717) is 5.69 Å². The van der Waals surface area contributed by atoms with E-state index >= 15 is 0 Å². The maximum atomic E-state index is 12.7. The van der Waals surface area contributed by atoms with Crippen molar-refractivity contribution in [3.63, 3.8) is 0 Å². The van der Waals surface area contributed by atoms with E-state index in [1.165, 1.54) is 12.5 Å². The summed E-state index contributed by atoms with van der Waals surface area (Å²) in [7, 11) is 0. The first-order valence-corrected chi connectivity index (χ1v) is 8.19. The second-order valence-corrected chi connectivity index (χ2v) is 6.56. The number of nitrogens with one attached hydrogen (secondary N) is 1. The number of amides is 1. The van der Waals surface area contributed by atoms with Gasteiger partial charge in [0.15, 0.2) is 11.6 Å². The fourth-order valence-electron chi connectivity index (χ4n) is 2.78. The maximum absolute atomic E-state index is 12.7. The van der Waals surface area contributed by atoms with Crippen molar-refractivity contribution < 1.29 is 18.0 Å². The minimum absolute atomic E-state index is 0.478. The summed E-state index contributed by atoms with van der Waals surface area (Å²) in [6, 6.07) is 15.2. The van der Waals surface area contributed by atoms with Crippen molar-refractivity contribution in [1.29, 1.82) is 0 Å². The second kappa shape index (κ2) is 6.90. The van der Waals surface area contributed by atoms with E-state index in [1.54, 1.807) is 12.1 Å². The number of hydrogen-bond donors (Lipinski definition) is 1. The molecule has 7 heteroatoms. The molecule has 4 nitrogen and oxygen atoms in total. The molecule has 0 spiro atoms. The molecule has 1 aliphatic heterocycles. The number of carbonyl (C=O) groups is 1. The van der Waals surface area contributed by atoms with Crippen LogP contribution >= 0.6 is 0 Å². The summed E-state index contributed by atoms with van der Waals surface area (Å²) < 4.78 is 38.2. The first-order chi connectivity index (χ1) is 12.3. The summed E-state index contributed by atoms with van der Waals surface area (Å²) in [5, 5.41) is 9.43. The Bertz CT molecular complexity index is 803. The van der Waals surface area contributed by atoms with Crippen molar-refractivity contribution in [1.82, 2.24) is 0 Å². The Balaban J connectivity index is 1.62. The van der Waals surface area contributed by atoms with Crippen LogP contribution in [0, 0.1) is 0 Å². The van der Waals surface area contributed by atoms with Gasteiger partial charge < -0.3 is 5.32 Å². The van der Waals surface area contributed by atoms with Gasteiger partial charge in [0, 0.05) is 12.1 Å². The summed E-state index contributed by atoms with van der Waals surface area (Å²) in [4.78, 5) is 12.4. The van der Waals surface area contributed by atoms with Crippen LogP contribution in [0.25, 0.3) is 0 Å². The molecule has 0 aliphatic carbocycles. The predicted octanol–water partition coefficient (Wildman–Crippen LogP) is 4.76. The smallest absolute Gasteiger partial charge is 0.324 e. The summed E-state index contributed by atoms with van der Waals surface area (Å²) in [6.45, 7) is 1.36. The van der Waals surface area contributed by atoms with Gasteiger partial charge in [0.1, 0.15) is 0 Å². The molecular weight excluding hydrogens is 343 g/mol. The van der Waals surface area contributed by atoms with Gasteiger partial charge in [-0.05, 0) is 36.6 Å². The predicted molar refractivity (Wildman–Crippen MR) is 92.0 cm³/mol. The van der Waals surface area contributed by atoms with Crippen molar-refractivity contribution in [3.05, 3.63) is 65.7 Å². The van der Waals surface area contributed by atoms with E-state index in [2.05, 4.69) is 15.5 Å². The van der Waals surface area contributed by atoms with Gasteiger partial charge in [0.05, 0.1) is 0 Å². The molecule has 0 saturated carbocycles. The van der Waals surface area contributed by atoms with E-state index in [0.717, 1.165) is 12.0 Å². The summed E-state index contributed by atoms with van der Waals surface area (Å²) in [5.41, 5.74) is 1.24. The molecule has 2 aromatic rings. The highest BCUT2D eigenvalue weighted by Gasteiger charge is 2.51. The molecular formula is C19H18F3N3O. The Kier molecular flexibility index (Phi) is 4.80. The zero-order valence-electron chi connectivity index (χ0n) is 14.1. The Morgan fingerprint density at radius 3 is 2.31 bits per heavy atom. The number of halogens is 3. The lowest BCUT2D eigenvalue weighted by atomic mass is 9.94. The van der Waals surface area contributed by atoms with Gasteiger partial charge in [-0.1, -0.05) is 42.5 Å². The number of anilines is 1. The quantitative estimate of drug-likeness (QED) is 0.839. The number of hydrogen-bond acceptors (Lipinski definition) is 3. The number of benzene rings is 2. The number of rotatable bonds is 4. The van der Waals surface area contributed by atoms with E-state index in [1.807, 2.05) is 42.5 Å². The topological polar surface area (TPSA) is 53.8 Å². The standard InChI is InChI=1S/C19H18F3N3O/c1-18(12-16(24-25-18)19(20,21)22)17(26)23-15-9-7-14(8-10-15)11-13-5-3-2-4-6-13/h2-10,16H,11-12H2,1H3,(H,23,26). The molecule has 2 aromatic carbocycles. The van der Waals surface area contributed by atoms with Crippen LogP contribution in [0.1, 0.15) is 24.5 Å². The zero-order valence-corrected chi connectivity index (χ0v) is 14.1. The fraction of sp³-hybridized carbons (Fsp3) is 0.316. The van der Waals surface area contributed by atoms with Gasteiger partial charge in [-0.15, -0.1) is 0 Å². The lowest BCUT2D eigenvalue weighted by molar-refractivity contribution is -0.148. The van der Waals surface area contributed by atoms with Crippen LogP contribution in [0.15, 0.2) is 64.8 Å². The molecule has 3 rings (SSSR count). The number of carbonyl (C=O) groups excluding carboxylic acids is 1. The van der Waals surface area contributed by atoms with E-state index in [-0.39, 0.29) is 0 Å². The molecule has 0 radical (unpaired) electrons. The summed E-state index contributed by atoms with van der Waals surface area (Å²) in [5.74, 6) is -0.594. The van der Waals surface area contributed by atoms with Crippen LogP contribution in [-0.4, -0.2) is 23.7 Å². The maximum Gasteiger partial charge on any atom is 0.412 e. The number of nitrogens with zero attached hydrogens (tertiary/aromatic N) is 2. The van der Waals surface area contributed by atoms with Crippen LogP contribution in [0.5, 0.6) is 0 Å². The van der Waals surface area contributed by atoms with Gasteiger partial charge >= 0.3 is 6.18 Å². The molecule has 2 atom stereocenters. The van der Waals surface area contributed by atoms with Gasteiger partial charge in [0.25, 0.3) is 5.91 Å². The highest BCUT2D eigenvalue weighted by atomic mass is 19.4. The Labute approximate surface area is 149 Å².